The molecule has 38 heavy (non-hydrogen) atoms. The van der Waals surface area contributed by atoms with Crippen LogP contribution in [0.1, 0.15) is 46.4 Å². The van der Waals surface area contributed by atoms with Crippen molar-refractivity contribution < 1.29 is 27.4 Å². The number of hydrogen-bond donors (Lipinski definition) is 1. The van der Waals surface area contributed by atoms with Gasteiger partial charge in [-0.15, -0.1) is 0 Å². The van der Waals surface area contributed by atoms with Gasteiger partial charge >= 0.3 is 6.18 Å². The summed E-state index contributed by atoms with van der Waals surface area (Å²) >= 11 is 0. The SMILES string of the molecule is Cc1ccc(NC(=O)c2ccnc(C(F)(F)F)c2)cc1-n1cc(C2=C(OCC3CCCO3)CCN=C2)cn1. The van der Waals surface area contributed by atoms with Crippen LogP contribution in [0.5, 0.6) is 0 Å². The van der Waals surface area contributed by atoms with Crippen LogP contribution < -0.4 is 5.32 Å². The quantitative estimate of drug-likeness (QED) is 0.456. The number of rotatable bonds is 7. The molecule has 0 saturated carbocycles. The first-order valence-corrected chi connectivity index (χ1v) is 12.3. The molecule has 1 atom stereocenters. The lowest BCUT2D eigenvalue weighted by Crippen LogP contribution is -2.16. The first-order chi connectivity index (χ1) is 18.3. The monoisotopic (exact) mass is 525 g/mol. The molecule has 4 heterocycles. The predicted octanol–water partition coefficient (Wildman–Crippen LogP) is 5.23. The number of ether oxygens (including phenoxy) is 2. The molecule has 1 fully saturated rings. The third kappa shape index (κ3) is 5.77. The number of carbonyl (C=O) groups excluding carboxylic acids is 1. The van der Waals surface area contributed by atoms with Gasteiger partial charge in [0.15, 0.2) is 0 Å². The number of pyridine rings is 1. The van der Waals surface area contributed by atoms with Crippen molar-refractivity contribution in [3.05, 3.63) is 77.1 Å². The highest BCUT2D eigenvalue weighted by Gasteiger charge is 2.33. The fourth-order valence-corrected chi connectivity index (χ4v) is 4.34. The highest BCUT2D eigenvalue weighted by Crippen LogP contribution is 2.29. The topological polar surface area (TPSA) is 90.6 Å². The number of anilines is 1. The van der Waals surface area contributed by atoms with Gasteiger partial charge in [0.2, 0.25) is 0 Å². The van der Waals surface area contributed by atoms with E-state index < -0.39 is 17.8 Å². The molecule has 1 amide bonds. The molecule has 0 bridgehead atoms. The molecule has 5 rings (SSSR count). The van der Waals surface area contributed by atoms with E-state index in [-0.39, 0.29) is 11.7 Å². The molecule has 2 aromatic heterocycles. The molecule has 198 valence electrons. The van der Waals surface area contributed by atoms with Gasteiger partial charge in [0.05, 0.1) is 18.0 Å². The number of amides is 1. The highest BCUT2D eigenvalue weighted by molar-refractivity contribution is 6.11. The van der Waals surface area contributed by atoms with Gasteiger partial charge in [-0.2, -0.15) is 18.3 Å². The summed E-state index contributed by atoms with van der Waals surface area (Å²) in [4.78, 5) is 20.4. The summed E-state index contributed by atoms with van der Waals surface area (Å²) in [5, 5.41) is 7.16. The Labute approximate surface area is 217 Å². The van der Waals surface area contributed by atoms with Crippen LogP contribution in [0, 0.1) is 6.92 Å². The van der Waals surface area contributed by atoms with E-state index >= 15 is 0 Å². The molecule has 11 heteroatoms. The molecule has 0 radical (unpaired) electrons. The van der Waals surface area contributed by atoms with E-state index in [4.69, 9.17) is 9.47 Å². The Morgan fingerprint density at radius 1 is 1.26 bits per heavy atom. The summed E-state index contributed by atoms with van der Waals surface area (Å²) in [5.41, 5.74) is 2.43. The minimum absolute atomic E-state index is 0.109. The second-order valence-corrected chi connectivity index (χ2v) is 9.12. The molecule has 2 aliphatic heterocycles. The maximum absolute atomic E-state index is 13.0. The highest BCUT2D eigenvalue weighted by atomic mass is 19.4. The number of benzene rings is 1. The molecule has 1 unspecified atom stereocenters. The number of carbonyl (C=O) groups is 1. The molecule has 0 spiro atoms. The van der Waals surface area contributed by atoms with Gasteiger partial charge in [-0.3, -0.25) is 14.8 Å². The maximum atomic E-state index is 13.0. The fourth-order valence-electron chi connectivity index (χ4n) is 4.34. The smallest absolute Gasteiger partial charge is 0.433 e. The summed E-state index contributed by atoms with van der Waals surface area (Å²) in [6.07, 6.45) is 4.54. The summed E-state index contributed by atoms with van der Waals surface area (Å²) in [6, 6.07) is 7.16. The summed E-state index contributed by atoms with van der Waals surface area (Å²) in [6.45, 7) is 3.83. The van der Waals surface area contributed by atoms with Crippen LogP contribution >= 0.6 is 0 Å². The molecule has 1 saturated heterocycles. The lowest BCUT2D eigenvalue weighted by Gasteiger charge is -2.18. The standard InChI is InChI=1S/C27H26F3N5O3/c1-17-4-5-20(34-26(36)18-6-9-32-25(11-18)27(28,29)30)12-23(17)35-15-19(13-33-35)22-14-31-8-7-24(22)38-16-21-3-2-10-37-21/h4-6,9,11-15,21H,2-3,7-8,10,16H2,1H3,(H,34,36). The van der Waals surface area contributed by atoms with Crippen LogP contribution in [0.4, 0.5) is 18.9 Å². The molecule has 1 N–H and O–H groups in total. The van der Waals surface area contributed by atoms with Crippen LogP contribution in [0.3, 0.4) is 0 Å². The van der Waals surface area contributed by atoms with E-state index in [1.807, 2.05) is 13.1 Å². The second-order valence-electron chi connectivity index (χ2n) is 9.12. The Kier molecular flexibility index (Phi) is 7.28. The molecule has 8 nitrogen and oxygen atoms in total. The van der Waals surface area contributed by atoms with Crippen molar-refractivity contribution in [2.75, 3.05) is 25.1 Å². The van der Waals surface area contributed by atoms with Crippen molar-refractivity contribution >= 4 is 23.4 Å². The second kappa shape index (κ2) is 10.8. The van der Waals surface area contributed by atoms with Crippen molar-refractivity contribution in [2.45, 2.75) is 38.5 Å². The number of nitrogens with zero attached hydrogens (tertiary/aromatic N) is 4. The van der Waals surface area contributed by atoms with Crippen LogP contribution in [0.15, 0.2) is 59.7 Å². The Bertz CT molecular complexity index is 1390. The summed E-state index contributed by atoms with van der Waals surface area (Å²) < 4.78 is 52.4. The predicted molar refractivity (Wildman–Crippen MR) is 135 cm³/mol. The zero-order valence-electron chi connectivity index (χ0n) is 20.7. The third-order valence-corrected chi connectivity index (χ3v) is 6.38. The Hall–Kier alpha value is -3.99. The van der Waals surface area contributed by atoms with Gasteiger partial charge in [0, 0.05) is 60.6 Å². The van der Waals surface area contributed by atoms with Crippen molar-refractivity contribution in [1.82, 2.24) is 14.8 Å². The van der Waals surface area contributed by atoms with E-state index in [0.29, 0.717) is 30.9 Å². The molecule has 3 aromatic rings. The van der Waals surface area contributed by atoms with E-state index in [1.54, 1.807) is 35.3 Å². The average molecular weight is 526 g/mol. The van der Waals surface area contributed by atoms with Crippen molar-refractivity contribution in [1.29, 1.82) is 0 Å². The molecular formula is C27H26F3N5O3. The minimum Gasteiger partial charge on any atom is -0.494 e. The number of alkyl halides is 3. The summed E-state index contributed by atoms with van der Waals surface area (Å²) in [5.74, 6) is 0.175. The van der Waals surface area contributed by atoms with E-state index in [0.717, 1.165) is 54.2 Å². The van der Waals surface area contributed by atoms with Crippen LogP contribution in [0.2, 0.25) is 0 Å². The lowest BCUT2D eigenvalue weighted by molar-refractivity contribution is -0.141. The van der Waals surface area contributed by atoms with Gasteiger partial charge in [-0.1, -0.05) is 6.07 Å². The number of aliphatic imine (C=N–C) groups is 1. The fraction of sp³-hybridized carbons (Fsp3) is 0.333. The van der Waals surface area contributed by atoms with Gasteiger partial charge in [-0.05, 0) is 49.6 Å². The van der Waals surface area contributed by atoms with Crippen LogP contribution in [-0.2, 0) is 15.7 Å². The zero-order valence-corrected chi connectivity index (χ0v) is 20.7. The van der Waals surface area contributed by atoms with Crippen molar-refractivity contribution in [2.24, 2.45) is 4.99 Å². The number of allylic oxidation sites excluding steroid dienone is 1. The van der Waals surface area contributed by atoms with Crippen LogP contribution in [0.25, 0.3) is 11.3 Å². The van der Waals surface area contributed by atoms with Gasteiger partial charge in [-0.25, -0.2) is 4.68 Å². The number of hydrogen-bond acceptors (Lipinski definition) is 6. The Morgan fingerprint density at radius 3 is 2.92 bits per heavy atom. The maximum Gasteiger partial charge on any atom is 0.433 e. The van der Waals surface area contributed by atoms with Crippen LogP contribution in [-0.4, -0.2) is 52.7 Å². The molecule has 1 aromatic carbocycles. The largest absolute Gasteiger partial charge is 0.494 e. The number of dihydropyridines is 1. The number of nitrogens with one attached hydrogen (secondary N) is 1. The molecule has 2 aliphatic rings. The number of aryl methyl sites for hydroxylation is 1. The minimum atomic E-state index is -4.64. The molecule has 0 aliphatic carbocycles. The molecular weight excluding hydrogens is 499 g/mol. The van der Waals surface area contributed by atoms with Gasteiger partial charge in [0.1, 0.15) is 18.1 Å². The Balaban J connectivity index is 1.35. The van der Waals surface area contributed by atoms with Gasteiger partial charge < -0.3 is 14.8 Å². The van der Waals surface area contributed by atoms with Crippen molar-refractivity contribution in [3.63, 3.8) is 0 Å². The first-order valence-electron chi connectivity index (χ1n) is 12.3. The van der Waals surface area contributed by atoms with Gasteiger partial charge in [0.25, 0.3) is 5.91 Å². The average Bonchev–Trinajstić information content (AvgIpc) is 3.61. The first kappa shape index (κ1) is 25.7. The normalized spacial score (nSPS) is 17.6. The zero-order chi connectivity index (χ0) is 26.7. The van der Waals surface area contributed by atoms with Crippen molar-refractivity contribution in [3.8, 4) is 5.69 Å². The number of aromatic nitrogens is 3. The summed E-state index contributed by atoms with van der Waals surface area (Å²) in [7, 11) is 0. The Morgan fingerprint density at radius 2 is 2.13 bits per heavy atom. The number of halogens is 3. The van der Waals surface area contributed by atoms with E-state index in [1.165, 1.54) is 6.07 Å². The van der Waals surface area contributed by atoms with E-state index in [9.17, 15) is 18.0 Å². The van der Waals surface area contributed by atoms with E-state index in [2.05, 4.69) is 20.4 Å². The third-order valence-electron chi connectivity index (χ3n) is 6.38. The lowest BCUT2D eigenvalue weighted by atomic mass is 10.1.